The number of hydrogen-bond donors (Lipinski definition) is 1. The van der Waals surface area contributed by atoms with Crippen LogP contribution in [-0.2, 0) is 4.79 Å². The van der Waals surface area contributed by atoms with E-state index >= 15 is 0 Å². The molecule has 0 unspecified atom stereocenters. The second-order valence-electron chi connectivity index (χ2n) is 6.71. The van der Waals surface area contributed by atoms with Gasteiger partial charge in [0.15, 0.2) is 0 Å². The van der Waals surface area contributed by atoms with Crippen molar-refractivity contribution in [1.29, 1.82) is 0 Å². The molecule has 0 saturated heterocycles. The molecule has 0 aromatic heterocycles. The van der Waals surface area contributed by atoms with Crippen LogP contribution in [0.1, 0.15) is 32.1 Å². The molecule has 0 spiro atoms. The van der Waals surface area contributed by atoms with E-state index < -0.39 is 0 Å². The minimum Gasteiger partial charge on any atom is -0.326 e. The Morgan fingerprint density at radius 3 is 2.71 bits per heavy atom. The Bertz CT molecular complexity index is 673. The first-order valence-electron chi connectivity index (χ1n) is 8.07. The zero-order chi connectivity index (χ0) is 14.2. The maximum atomic E-state index is 12.4. The molecule has 0 radical (unpaired) electrons. The number of fused-ring (bicyclic) bond motifs is 3. The summed E-state index contributed by atoms with van der Waals surface area (Å²) in [4.78, 5) is 12.4. The lowest BCUT2D eigenvalue weighted by Crippen LogP contribution is -2.20. The Labute approximate surface area is 125 Å². The number of anilines is 1. The number of carbonyl (C=O) groups excluding carboxylic acids is 1. The smallest absolute Gasteiger partial charge is 0.224 e. The molecule has 2 aromatic carbocycles. The van der Waals surface area contributed by atoms with Gasteiger partial charge in [-0.2, -0.15) is 0 Å². The lowest BCUT2D eigenvalue weighted by atomic mass is 9.86. The molecule has 108 valence electrons. The quantitative estimate of drug-likeness (QED) is 0.873. The van der Waals surface area contributed by atoms with Gasteiger partial charge in [-0.05, 0) is 48.5 Å². The minimum atomic E-state index is 0.184. The van der Waals surface area contributed by atoms with E-state index in [1.807, 2.05) is 24.3 Å². The van der Waals surface area contributed by atoms with E-state index in [0.29, 0.717) is 12.3 Å². The van der Waals surface area contributed by atoms with E-state index in [9.17, 15) is 4.79 Å². The fraction of sp³-hybridized carbons (Fsp3) is 0.421. The van der Waals surface area contributed by atoms with Crippen molar-refractivity contribution >= 4 is 22.4 Å². The molecule has 21 heavy (non-hydrogen) atoms. The highest BCUT2D eigenvalue weighted by Crippen LogP contribution is 2.49. The largest absolute Gasteiger partial charge is 0.326 e. The molecular formula is C19H21NO. The highest BCUT2D eigenvalue weighted by atomic mass is 16.1. The fourth-order valence-corrected chi connectivity index (χ4v) is 4.40. The van der Waals surface area contributed by atoms with Gasteiger partial charge in [-0.1, -0.05) is 42.8 Å². The first kappa shape index (κ1) is 12.9. The zero-order valence-electron chi connectivity index (χ0n) is 12.2. The number of rotatable bonds is 3. The van der Waals surface area contributed by atoms with Crippen molar-refractivity contribution in [2.45, 2.75) is 32.1 Å². The summed E-state index contributed by atoms with van der Waals surface area (Å²) in [5.74, 6) is 2.53. The van der Waals surface area contributed by atoms with Crippen molar-refractivity contribution in [3.63, 3.8) is 0 Å². The van der Waals surface area contributed by atoms with Crippen LogP contribution < -0.4 is 5.32 Å². The van der Waals surface area contributed by atoms with Gasteiger partial charge in [-0.15, -0.1) is 0 Å². The van der Waals surface area contributed by atoms with Crippen molar-refractivity contribution in [3.05, 3.63) is 42.5 Å². The number of hydrogen-bond acceptors (Lipinski definition) is 1. The Hall–Kier alpha value is -1.83. The van der Waals surface area contributed by atoms with E-state index in [4.69, 9.17) is 0 Å². The topological polar surface area (TPSA) is 29.1 Å². The van der Waals surface area contributed by atoms with Gasteiger partial charge in [0.05, 0.1) is 0 Å². The number of nitrogens with one attached hydrogen (secondary N) is 1. The molecule has 3 atom stereocenters. The van der Waals surface area contributed by atoms with Gasteiger partial charge in [0, 0.05) is 17.5 Å². The standard InChI is InChI=1S/C19H21NO/c21-19(12-16-11-13-8-9-15(16)10-13)20-18-7-3-5-14-4-1-2-6-17(14)18/h1-7,13,15-16H,8-12H2,(H,20,21)/t13-,15-,16-/m1/s1. The summed E-state index contributed by atoms with van der Waals surface area (Å²) in [6.07, 6.45) is 6.08. The summed E-state index contributed by atoms with van der Waals surface area (Å²) in [5, 5.41) is 5.43. The molecule has 1 N–H and O–H groups in total. The summed E-state index contributed by atoms with van der Waals surface area (Å²) < 4.78 is 0. The first-order valence-corrected chi connectivity index (χ1v) is 8.07. The van der Waals surface area contributed by atoms with Crippen molar-refractivity contribution in [2.24, 2.45) is 17.8 Å². The van der Waals surface area contributed by atoms with Gasteiger partial charge in [-0.25, -0.2) is 0 Å². The van der Waals surface area contributed by atoms with Gasteiger partial charge in [0.1, 0.15) is 0 Å². The molecular weight excluding hydrogens is 258 g/mol. The van der Waals surface area contributed by atoms with Crippen LogP contribution in [0.4, 0.5) is 5.69 Å². The number of amides is 1. The van der Waals surface area contributed by atoms with Crippen molar-refractivity contribution in [3.8, 4) is 0 Å². The normalized spacial score (nSPS) is 27.1. The molecule has 0 aliphatic heterocycles. The minimum absolute atomic E-state index is 0.184. The summed E-state index contributed by atoms with van der Waals surface area (Å²) >= 11 is 0. The van der Waals surface area contributed by atoms with E-state index in [0.717, 1.165) is 22.9 Å². The third-order valence-electron chi connectivity index (χ3n) is 5.40. The monoisotopic (exact) mass is 279 g/mol. The first-order chi connectivity index (χ1) is 10.3. The maximum Gasteiger partial charge on any atom is 0.224 e. The Morgan fingerprint density at radius 1 is 1.05 bits per heavy atom. The molecule has 2 nitrogen and oxygen atoms in total. The molecule has 4 rings (SSSR count). The fourth-order valence-electron chi connectivity index (χ4n) is 4.40. The van der Waals surface area contributed by atoms with Crippen LogP contribution in [0, 0.1) is 17.8 Å². The molecule has 2 aromatic rings. The van der Waals surface area contributed by atoms with Crippen LogP contribution in [-0.4, -0.2) is 5.91 Å². The highest BCUT2D eigenvalue weighted by Gasteiger charge is 2.40. The SMILES string of the molecule is O=C(C[C@H]1C[C@@H]2CC[C@@H]1C2)Nc1cccc2ccccc12. The van der Waals surface area contributed by atoms with Crippen molar-refractivity contribution < 1.29 is 4.79 Å². The van der Waals surface area contributed by atoms with E-state index in [1.165, 1.54) is 31.1 Å². The average molecular weight is 279 g/mol. The van der Waals surface area contributed by atoms with Gasteiger partial charge >= 0.3 is 0 Å². The molecule has 2 fully saturated rings. The summed E-state index contributed by atoms with van der Waals surface area (Å²) in [7, 11) is 0. The Kier molecular flexibility index (Phi) is 3.17. The van der Waals surface area contributed by atoms with Crippen LogP contribution in [0.3, 0.4) is 0 Å². The maximum absolute atomic E-state index is 12.4. The summed E-state index contributed by atoms with van der Waals surface area (Å²) in [5.41, 5.74) is 0.946. The van der Waals surface area contributed by atoms with Gasteiger partial charge < -0.3 is 5.32 Å². The van der Waals surface area contributed by atoms with Crippen LogP contribution in [0.2, 0.25) is 0 Å². The second kappa shape index (κ2) is 5.18. The Morgan fingerprint density at radius 2 is 1.90 bits per heavy atom. The van der Waals surface area contributed by atoms with Crippen molar-refractivity contribution in [2.75, 3.05) is 5.32 Å². The molecule has 2 bridgehead atoms. The van der Waals surface area contributed by atoms with Crippen LogP contribution in [0.25, 0.3) is 10.8 Å². The van der Waals surface area contributed by atoms with E-state index in [1.54, 1.807) is 0 Å². The third-order valence-corrected chi connectivity index (χ3v) is 5.40. The van der Waals surface area contributed by atoms with E-state index in [-0.39, 0.29) is 5.91 Å². The zero-order valence-corrected chi connectivity index (χ0v) is 12.2. The number of benzene rings is 2. The molecule has 2 heteroatoms. The van der Waals surface area contributed by atoms with Crippen LogP contribution >= 0.6 is 0 Å². The molecule has 1 amide bonds. The molecule has 2 aliphatic rings. The lowest BCUT2D eigenvalue weighted by Gasteiger charge is -2.21. The third kappa shape index (κ3) is 2.44. The van der Waals surface area contributed by atoms with Gasteiger partial charge in [0.25, 0.3) is 0 Å². The summed E-state index contributed by atoms with van der Waals surface area (Å²) in [6, 6.07) is 14.3. The van der Waals surface area contributed by atoms with Crippen LogP contribution in [0.15, 0.2) is 42.5 Å². The van der Waals surface area contributed by atoms with Crippen molar-refractivity contribution in [1.82, 2.24) is 0 Å². The summed E-state index contributed by atoms with van der Waals surface area (Å²) in [6.45, 7) is 0. The van der Waals surface area contributed by atoms with Gasteiger partial charge in [-0.3, -0.25) is 4.79 Å². The average Bonchev–Trinajstić information content (AvgIpc) is 3.10. The predicted molar refractivity (Wildman–Crippen MR) is 86.1 cm³/mol. The molecule has 2 saturated carbocycles. The molecule has 2 aliphatic carbocycles. The second-order valence-corrected chi connectivity index (χ2v) is 6.71. The molecule has 0 heterocycles. The Balaban J connectivity index is 1.48. The predicted octanol–water partition coefficient (Wildman–Crippen LogP) is 4.60. The lowest BCUT2D eigenvalue weighted by molar-refractivity contribution is -0.117. The van der Waals surface area contributed by atoms with Gasteiger partial charge in [0.2, 0.25) is 5.91 Å². The van der Waals surface area contributed by atoms with Crippen LogP contribution in [0.5, 0.6) is 0 Å². The number of carbonyl (C=O) groups is 1. The highest BCUT2D eigenvalue weighted by molar-refractivity contribution is 6.02. The van der Waals surface area contributed by atoms with E-state index in [2.05, 4.69) is 23.5 Å².